The molecule has 9 aromatic rings. The predicted octanol–water partition coefficient (Wildman–Crippen LogP) is 10.5. The molecule has 10 rings (SSSR count). The third-order valence-electron chi connectivity index (χ3n) is 9.85. The molecule has 1 aliphatic rings. The van der Waals surface area contributed by atoms with Gasteiger partial charge >= 0.3 is 0 Å². The largest absolute Gasteiger partial charge is 0.454 e. The third-order valence-corrected chi connectivity index (χ3v) is 9.85. The number of furan rings is 1. The van der Waals surface area contributed by atoms with Crippen molar-refractivity contribution in [3.8, 4) is 44.9 Å². The van der Waals surface area contributed by atoms with E-state index in [-0.39, 0.29) is 6.04 Å². The summed E-state index contributed by atoms with van der Waals surface area (Å²) < 4.78 is 6.67. The molecule has 7 aromatic carbocycles. The van der Waals surface area contributed by atoms with Gasteiger partial charge in [0, 0.05) is 44.0 Å². The lowest BCUT2D eigenvalue weighted by Gasteiger charge is -2.24. The van der Waals surface area contributed by atoms with E-state index in [2.05, 4.69) is 133 Å². The van der Waals surface area contributed by atoms with E-state index in [9.17, 15) is 0 Å². The normalized spacial score (nSPS) is 13.8. The fraction of sp³-hybridized carbons (Fsp3) is 0.0222. The van der Waals surface area contributed by atoms with E-state index >= 15 is 0 Å². The van der Waals surface area contributed by atoms with Crippen molar-refractivity contribution in [2.24, 2.45) is 0 Å². The van der Waals surface area contributed by atoms with Gasteiger partial charge in [-0.2, -0.15) is 0 Å². The number of aromatic nitrogens is 2. The monoisotopic (exact) mass is 628 g/mol. The lowest BCUT2D eigenvalue weighted by atomic mass is 9.87. The average molecular weight is 629 g/mol. The van der Waals surface area contributed by atoms with Gasteiger partial charge in [-0.3, -0.25) is 0 Å². The van der Waals surface area contributed by atoms with E-state index in [1.165, 1.54) is 33.2 Å². The van der Waals surface area contributed by atoms with Crippen molar-refractivity contribution in [2.75, 3.05) is 0 Å². The third kappa shape index (κ3) is 4.57. The number of fused-ring (bicyclic) bond motifs is 8. The SMILES string of the molecule is c1ccc(-c2nc(-c3ccc(-c4cccc(C5[NH2+]c6c(ccc7ccccc67)-c6c5oc5ccccc65)c4)cc3)c3ccccc3n2)cc1. The van der Waals surface area contributed by atoms with Crippen molar-refractivity contribution < 1.29 is 9.73 Å². The van der Waals surface area contributed by atoms with Gasteiger partial charge in [0.25, 0.3) is 0 Å². The summed E-state index contributed by atoms with van der Waals surface area (Å²) in [4.78, 5) is 9.96. The van der Waals surface area contributed by atoms with Crippen LogP contribution in [-0.4, -0.2) is 9.97 Å². The van der Waals surface area contributed by atoms with Crippen LogP contribution in [0.15, 0.2) is 168 Å². The van der Waals surface area contributed by atoms with Gasteiger partial charge in [-0.15, -0.1) is 0 Å². The van der Waals surface area contributed by atoms with Crippen LogP contribution in [0.1, 0.15) is 17.4 Å². The topological polar surface area (TPSA) is 55.5 Å². The van der Waals surface area contributed by atoms with E-state index in [1.807, 2.05) is 36.4 Å². The lowest BCUT2D eigenvalue weighted by Crippen LogP contribution is -2.80. The first-order chi connectivity index (χ1) is 24.3. The minimum atomic E-state index is -0.0243. The molecule has 1 atom stereocenters. The summed E-state index contributed by atoms with van der Waals surface area (Å²) in [5.74, 6) is 1.73. The summed E-state index contributed by atoms with van der Waals surface area (Å²) >= 11 is 0. The number of nitrogens with zero attached hydrogens (tertiary/aromatic N) is 2. The molecular weight excluding hydrogens is 599 g/mol. The number of hydrogen-bond donors (Lipinski definition) is 1. The second kappa shape index (κ2) is 11.1. The lowest BCUT2D eigenvalue weighted by molar-refractivity contribution is -0.609. The molecule has 0 saturated carbocycles. The summed E-state index contributed by atoms with van der Waals surface area (Å²) in [5, 5.41) is 7.11. The standard InChI is InChI=1S/C45H29N3O/c1-2-12-31(13-3-1)45-46-38-19-8-6-17-35(38)41(48-45)30-23-21-28(22-24-30)32-14-10-15-33(27-32)42-44-40(36-18-7-9-20-39(36)49-44)37-26-25-29-11-4-5-16-34(29)43(37)47-42/h1-27,42,47H/p+1. The second-order valence-corrected chi connectivity index (χ2v) is 12.7. The molecule has 0 saturated heterocycles. The highest BCUT2D eigenvalue weighted by Gasteiger charge is 2.36. The number of benzene rings is 7. The maximum Gasteiger partial charge on any atom is 0.175 e. The van der Waals surface area contributed by atoms with Crippen molar-refractivity contribution in [3.63, 3.8) is 0 Å². The Balaban J connectivity index is 1.06. The Morgan fingerprint density at radius 3 is 2.10 bits per heavy atom. The van der Waals surface area contributed by atoms with Gasteiger partial charge in [0.1, 0.15) is 11.3 Å². The van der Waals surface area contributed by atoms with Gasteiger partial charge in [-0.25, -0.2) is 9.97 Å². The van der Waals surface area contributed by atoms with Crippen molar-refractivity contribution in [2.45, 2.75) is 6.04 Å². The zero-order chi connectivity index (χ0) is 32.3. The quantitative estimate of drug-likeness (QED) is 0.197. The van der Waals surface area contributed by atoms with Gasteiger partial charge in [-0.1, -0.05) is 133 Å². The zero-order valence-corrected chi connectivity index (χ0v) is 26.5. The maximum atomic E-state index is 6.67. The van der Waals surface area contributed by atoms with Crippen LogP contribution >= 0.6 is 0 Å². The Hall–Kier alpha value is -6.36. The van der Waals surface area contributed by atoms with Crippen LogP contribution in [-0.2, 0) is 0 Å². The molecule has 0 spiro atoms. The summed E-state index contributed by atoms with van der Waals surface area (Å²) in [5.41, 5.74) is 12.1. The molecule has 2 N–H and O–H groups in total. The highest BCUT2D eigenvalue weighted by atomic mass is 16.3. The second-order valence-electron chi connectivity index (χ2n) is 12.7. The highest BCUT2D eigenvalue weighted by Crippen LogP contribution is 2.46. The van der Waals surface area contributed by atoms with Crippen LogP contribution in [0, 0.1) is 0 Å². The molecule has 2 aromatic heterocycles. The molecule has 49 heavy (non-hydrogen) atoms. The summed E-state index contributed by atoms with van der Waals surface area (Å²) in [6, 6.07) is 57.6. The van der Waals surface area contributed by atoms with Crippen molar-refractivity contribution >= 4 is 38.3 Å². The van der Waals surface area contributed by atoms with Crippen LogP contribution < -0.4 is 5.32 Å². The van der Waals surface area contributed by atoms with Crippen molar-refractivity contribution in [1.82, 2.24) is 9.97 Å². The van der Waals surface area contributed by atoms with Gasteiger partial charge in [0.05, 0.1) is 11.2 Å². The molecule has 1 aliphatic heterocycles. The van der Waals surface area contributed by atoms with Gasteiger partial charge in [-0.05, 0) is 46.8 Å². The minimum Gasteiger partial charge on any atom is -0.454 e. The van der Waals surface area contributed by atoms with E-state index in [1.54, 1.807) is 0 Å². The van der Waals surface area contributed by atoms with Crippen molar-refractivity contribution in [3.05, 3.63) is 175 Å². The van der Waals surface area contributed by atoms with Crippen LogP contribution in [0.4, 0.5) is 5.69 Å². The average Bonchev–Trinajstić information content (AvgIpc) is 3.57. The van der Waals surface area contributed by atoms with E-state index in [0.29, 0.717) is 0 Å². The van der Waals surface area contributed by atoms with E-state index in [0.717, 1.165) is 61.4 Å². The molecule has 1 unspecified atom stereocenters. The Morgan fingerprint density at radius 2 is 1.22 bits per heavy atom. The first-order valence-corrected chi connectivity index (χ1v) is 16.7. The number of rotatable bonds is 4. The van der Waals surface area contributed by atoms with Crippen molar-refractivity contribution in [1.29, 1.82) is 0 Å². The predicted molar refractivity (Wildman–Crippen MR) is 198 cm³/mol. The molecule has 4 heteroatoms. The van der Waals surface area contributed by atoms with Gasteiger partial charge in [0.2, 0.25) is 0 Å². The molecule has 0 amide bonds. The number of quaternary nitrogens is 1. The Kier molecular flexibility index (Phi) is 6.29. The molecule has 3 heterocycles. The fourth-order valence-electron chi connectivity index (χ4n) is 7.49. The van der Waals surface area contributed by atoms with Crippen LogP contribution in [0.25, 0.3) is 77.5 Å². The fourth-order valence-corrected chi connectivity index (χ4v) is 7.49. The minimum absolute atomic E-state index is 0.0243. The summed E-state index contributed by atoms with van der Waals surface area (Å²) in [7, 11) is 0. The first-order valence-electron chi connectivity index (χ1n) is 16.7. The van der Waals surface area contributed by atoms with Gasteiger partial charge < -0.3 is 9.73 Å². The first kappa shape index (κ1) is 27.7. The highest BCUT2D eigenvalue weighted by molar-refractivity contribution is 6.05. The Bertz CT molecular complexity index is 2690. The number of para-hydroxylation sites is 2. The Morgan fingerprint density at radius 1 is 0.510 bits per heavy atom. The van der Waals surface area contributed by atoms with Crippen LogP contribution in [0.2, 0.25) is 0 Å². The summed E-state index contributed by atoms with van der Waals surface area (Å²) in [6.45, 7) is 0. The molecule has 0 radical (unpaired) electrons. The maximum absolute atomic E-state index is 6.67. The number of nitrogens with two attached hydrogens (primary N) is 1. The molecule has 0 aliphatic carbocycles. The number of hydrogen-bond acceptors (Lipinski definition) is 3. The van der Waals surface area contributed by atoms with E-state index in [4.69, 9.17) is 14.4 Å². The van der Waals surface area contributed by atoms with Crippen LogP contribution in [0.5, 0.6) is 0 Å². The molecule has 0 fully saturated rings. The van der Waals surface area contributed by atoms with Gasteiger partial charge in [0.15, 0.2) is 17.6 Å². The molecule has 4 nitrogen and oxygen atoms in total. The van der Waals surface area contributed by atoms with E-state index < -0.39 is 0 Å². The molecular formula is C45H30N3O+. The Labute approximate surface area is 283 Å². The smallest absolute Gasteiger partial charge is 0.175 e. The zero-order valence-electron chi connectivity index (χ0n) is 26.5. The summed E-state index contributed by atoms with van der Waals surface area (Å²) in [6.07, 6.45) is 0. The molecule has 230 valence electrons. The van der Waals surface area contributed by atoms with Crippen LogP contribution in [0.3, 0.4) is 0 Å². The molecule has 0 bridgehead atoms.